The van der Waals surface area contributed by atoms with Crippen molar-refractivity contribution in [2.24, 2.45) is 0 Å². The van der Waals surface area contributed by atoms with Crippen LogP contribution in [0.4, 0.5) is 0 Å². The summed E-state index contributed by atoms with van der Waals surface area (Å²) in [5.74, 6) is 0. The summed E-state index contributed by atoms with van der Waals surface area (Å²) in [5.41, 5.74) is 2.11. The summed E-state index contributed by atoms with van der Waals surface area (Å²) < 4.78 is 0. The average Bonchev–Trinajstić information content (AvgIpc) is 2.40. The van der Waals surface area contributed by atoms with Gasteiger partial charge in [-0.05, 0) is 23.6 Å². The highest BCUT2D eigenvalue weighted by molar-refractivity contribution is 5.81. The van der Waals surface area contributed by atoms with Gasteiger partial charge in [0, 0.05) is 35.6 Å². The molecule has 0 aliphatic carbocycles. The van der Waals surface area contributed by atoms with E-state index in [4.69, 9.17) is 0 Å². The normalized spacial score (nSPS) is 10.6. The molecule has 0 fully saturated rings. The Morgan fingerprint density at radius 1 is 0.765 bits per heavy atom. The molecule has 2 nitrogen and oxygen atoms in total. The summed E-state index contributed by atoms with van der Waals surface area (Å²) in [6, 6.07) is 16.3. The Morgan fingerprint density at radius 3 is 2.41 bits per heavy atom. The fourth-order valence-corrected chi connectivity index (χ4v) is 1.91. The van der Waals surface area contributed by atoms with Gasteiger partial charge in [-0.3, -0.25) is 9.97 Å². The predicted molar refractivity (Wildman–Crippen MR) is 68.8 cm³/mol. The second-order valence-corrected chi connectivity index (χ2v) is 4.02. The van der Waals surface area contributed by atoms with Gasteiger partial charge in [-0.25, -0.2) is 0 Å². The van der Waals surface area contributed by atoms with Crippen LogP contribution in [0.3, 0.4) is 0 Å². The summed E-state index contributed by atoms with van der Waals surface area (Å²) in [6.07, 6.45) is 4.52. The third-order valence-electron chi connectivity index (χ3n) is 2.78. The van der Waals surface area contributed by atoms with E-state index in [1.165, 1.54) is 10.8 Å². The summed E-state index contributed by atoms with van der Waals surface area (Å²) in [5, 5.41) is 2.41. The van der Waals surface area contributed by atoms with Gasteiger partial charge in [0.15, 0.2) is 0 Å². The van der Waals surface area contributed by atoms with E-state index in [9.17, 15) is 0 Å². The van der Waals surface area contributed by atoms with E-state index in [1.807, 2.05) is 42.7 Å². The molecule has 0 amide bonds. The Kier molecular flexibility index (Phi) is 2.54. The van der Waals surface area contributed by atoms with Crippen molar-refractivity contribution in [1.29, 1.82) is 0 Å². The number of fused-ring (bicyclic) bond motifs is 1. The van der Waals surface area contributed by atoms with Crippen LogP contribution in [0.15, 0.2) is 60.9 Å². The molecule has 0 N–H and O–H groups in total. The molecule has 0 saturated heterocycles. The highest BCUT2D eigenvalue weighted by atomic mass is 14.7. The van der Waals surface area contributed by atoms with Gasteiger partial charge in [0.1, 0.15) is 0 Å². The first-order valence-corrected chi connectivity index (χ1v) is 5.65. The third-order valence-corrected chi connectivity index (χ3v) is 2.78. The zero-order valence-electron chi connectivity index (χ0n) is 9.38. The summed E-state index contributed by atoms with van der Waals surface area (Å²) in [7, 11) is 0. The Bertz CT molecular complexity index is 633. The second-order valence-electron chi connectivity index (χ2n) is 4.02. The molecule has 0 aliphatic rings. The number of hydrogen-bond acceptors (Lipinski definition) is 2. The van der Waals surface area contributed by atoms with Crippen molar-refractivity contribution >= 4 is 10.8 Å². The molecular weight excluding hydrogens is 208 g/mol. The second kappa shape index (κ2) is 4.34. The lowest BCUT2D eigenvalue weighted by molar-refractivity contribution is 1.02. The highest BCUT2D eigenvalue weighted by Crippen LogP contribution is 2.14. The van der Waals surface area contributed by atoms with Crippen LogP contribution in [0.1, 0.15) is 11.4 Å². The Hall–Kier alpha value is -2.22. The lowest BCUT2D eigenvalue weighted by atomic mass is 10.1. The molecule has 0 radical (unpaired) electrons. The van der Waals surface area contributed by atoms with Crippen LogP contribution < -0.4 is 0 Å². The summed E-state index contributed by atoms with van der Waals surface area (Å²) >= 11 is 0. The van der Waals surface area contributed by atoms with Gasteiger partial charge in [0.25, 0.3) is 0 Å². The fourth-order valence-electron chi connectivity index (χ4n) is 1.91. The minimum absolute atomic E-state index is 0.783. The van der Waals surface area contributed by atoms with Crippen LogP contribution in [0.5, 0.6) is 0 Å². The molecule has 2 aromatic heterocycles. The summed E-state index contributed by atoms with van der Waals surface area (Å²) in [4.78, 5) is 8.78. The quantitative estimate of drug-likeness (QED) is 0.662. The number of pyridine rings is 2. The van der Waals surface area contributed by atoms with E-state index in [-0.39, 0.29) is 0 Å². The molecule has 1 aromatic carbocycles. The van der Waals surface area contributed by atoms with E-state index in [2.05, 4.69) is 28.2 Å². The van der Waals surface area contributed by atoms with Crippen LogP contribution in [-0.4, -0.2) is 9.97 Å². The van der Waals surface area contributed by atoms with E-state index < -0.39 is 0 Å². The summed E-state index contributed by atoms with van der Waals surface area (Å²) in [6.45, 7) is 0. The molecule has 0 saturated carbocycles. The van der Waals surface area contributed by atoms with Crippen LogP contribution in [0, 0.1) is 0 Å². The molecule has 2 heterocycles. The van der Waals surface area contributed by atoms with Crippen molar-refractivity contribution in [2.45, 2.75) is 6.42 Å². The Balaban J connectivity index is 1.96. The van der Waals surface area contributed by atoms with Crippen LogP contribution in [0.25, 0.3) is 10.8 Å². The maximum Gasteiger partial charge on any atom is 0.0469 e. The Labute approximate surface area is 100.0 Å². The molecule has 0 spiro atoms. The van der Waals surface area contributed by atoms with Crippen LogP contribution in [0.2, 0.25) is 0 Å². The number of rotatable bonds is 2. The fraction of sp³-hybridized carbons (Fsp3) is 0.0667. The highest BCUT2D eigenvalue weighted by Gasteiger charge is 2.00. The van der Waals surface area contributed by atoms with E-state index >= 15 is 0 Å². The topological polar surface area (TPSA) is 25.8 Å². The Morgan fingerprint density at radius 2 is 1.59 bits per heavy atom. The molecule has 0 aliphatic heterocycles. The van der Waals surface area contributed by atoms with Crippen molar-refractivity contribution in [1.82, 2.24) is 9.97 Å². The zero-order chi connectivity index (χ0) is 11.5. The molecular formula is C15H12N2. The van der Waals surface area contributed by atoms with E-state index in [0.29, 0.717) is 0 Å². The number of aromatic nitrogens is 2. The first kappa shape index (κ1) is 9.97. The van der Waals surface area contributed by atoms with Gasteiger partial charge in [0.2, 0.25) is 0 Å². The first-order valence-electron chi connectivity index (χ1n) is 5.65. The lowest BCUT2D eigenvalue weighted by Gasteiger charge is -2.02. The van der Waals surface area contributed by atoms with Crippen molar-refractivity contribution in [3.8, 4) is 0 Å². The van der Waals surface area contributed by atoms with Crippen LogP contribution in [-0.2, 0) is 6.42 Å². The minimum Gasteiger partial charge on any atom is -0.261 e. The van der Waals surface area contributed by atoms with Gasteiger partial charge in [0.05, 0.1) is 0 Å². The standard InChI is InChI=1S/C15H12N2/c1-2-6-13-11-17-15(9-12(13)5-1)10-14-7-3-4-8-16-14/h1-9,11H,10H2. The molecule has 3 aromatic rings. The smallest absolute Gasteiger partial charge is 0.0469 e. The molecule has 0 atom stereocenters. The third kappa shape index (κ3) is 2.16. The first-order chi connectivity index (χ1) is 8.42. The largest absolute Gasteiger partial charge is 0.261 e. The molecule has 0 unspecified atom stereocenters. The number of hydrogen-bond donors (Lipinski definition) is 0. The van der Waals surface area contributed by atoms with Gasteiger partial charge >= 0.3 is 0 Å². The van der Waals surface area contributed by atoms with Crippen molar-refractivity contribution in [3.05, 3.63) is 72.3 Å². The SMILES string of the molecule is c1ccc(Cc2cc3ccccc3cn2)nc1. The maximum atomic E-state index is 4.46. The zero-order valence-corrected chi connectivity index (χ0v) is 9.38. The number of nitrogens with zero attached hydrogens (tertiary/aromatic N) is 2. The molecule has 82 valence electrons. The lowest BCUT2D eigenvalue weighted by Crippen LogP contribution is -1.94. The van der Waals surface area contributed by atoms with Gasteiger partial charge in [-0.1, -0.05) is 30.3 Å². The van der Waals surface area contributed by atoms with Gasteiger partial charge in [-0.2, -0.15) is 0 Å². The maximum absolute atomic E-state index is 4.46. The van der Waals surface area contributed by atoms with Gasteiger partial charge in [-0.15, -0.1) is 0 Å². The van der Waals surface area contributed by atoms with Crippen LogP contribution >= 0.6 is 0 Å². The van der Waals surface area contributed by atoms with Gasteiger partial charge < -0.3 is 0 Å². The molecule has 2 heteroatoms. The molecule has 17 heavy (non-hydrogen) atoms. The van der Waals surface area contributed by atoms with Crippen molar-refractivity contribution in [3.63, 3.8) is 0 Å². The van der Waals surface area contributed by atoms with E-state index in [1.54, 1.807) is 0 Å². The van der Waals surface area contributed by atoms with Crippen molar-refractivity contribution < 1.29 is 0 Å². The predicted octanol–water partition coefficient (Wildman–Crippen LogP) is 3.22. The number of benzene rings is 1. The molecule has 0 bridgehead atoms. The molecule has 3 rings (SSSR count). The average molecular weight is 220 g/mol. The van der Waals surface area contributed by atoms with E-state index in [0.717, 1.165) is 17.8 Å². The minimum atomic E-state index is 0.783. The van der Waals surface area contributed by atoms with Crippen molar-refractivity contribution in [2.75, 3.05) is 0 Å². The monoisotopic (exact) mass is 220 g/mol.